The van der Waals surface area contributed by atoms with Crippen molar-refractivity contribution in [1.29, 1.82) is 0 Å². The monoisotopic (exact) mass is 559 g/mol. The molecular formula is C31H49N3O6. The van der Waals surface area contributed by atoms with E-state index in [0.29, 0.717) is 50.9 Å². The topological polar surface area (TPSA) is 123 Å². The molecule has 2 unspecified atom stereocenters. The molecule has 0 saturated carbocycles. The molecule has 0 radical (unpaired) electrons. The SMILES string of the molecule is CCCc1ccn(C(CC(C)C)C(=O)OCC)c(=O)c1.CCOC(=O)C(CC(C)C)n1ccc(CCN)cc1=O. The Hall–Kier alpha value is -3.20. The molecule has 2 aromatic rings. The van der Waals surface area contributed by atoms with Crippen LogP contribution in [0.3, 0.4) is 0 Å². The second kappa shape index (κ2) is 18.2. The van der Waals surface area contributed by atoms with Crippen molar-refractivity contribution in [2.24, 2.45) is 17.6 Å². The van der Waals surface area contributed by atoms with Gasteiger partial charge >= 0.3 is 11.9 Å². The number of hydrogen-bond donors (Lipinski definition) is 1. The average Bonchev–Trinajstić information content (AvgIpc) is 2.87. The van der Waals surface area contributed by atoms with Crippen LogP contribution in [0.4, 0.5) is 0 Å². The lowest BCUT2D eigenvalue weighted by Crippen LogP contribution is -2.31. The molecule has 224 valence electrons. The van der Waals surface area contributed by atoms with Crippen molar-refractivity contribution in [1.82, 2.24) is 9.13 Å². The van der Waals surface area contributed by atoms with E-state index in [1.807, 2.05) is 39.8 Å². The van der Waals surface area contributed by atoms with Crippen molar-refractivity contribution in [2.45, 2.75) is 92.7 Å². The van der Waals surface area contributed by atoms with Crippen LogP contribution >= 0.6 is 0 Å². The van der Waals surface area contributed by atoms with Crippen LogP contribution in [0.1, 0.15) is 90.9 Å². The largest absolute Gasteiger partial charge is 0.464 e. The zero-order valence-corrected chi connectivity index (χ0v) is 25.4. The Morgan fingerprint density at radius 2 is 1.15 bits per heavy atom. The predicted molar refractivity (Wildman–Crippen MR) is 158 cm³/mol. The maximum absolute atomic E-state index is 12.2. The number of ether oxygens (including phenoxy) is 2. The molecule has 0 aromatic carbocycles. The molecule has 0 aliphatic carbocycles. The summed E-state index contributed by atoms with van der Waals surface area (Å²) in [6.45, 7) is 14.8. The minimum Gasteiger partial charge on any atom is -0.464 e. The van der Waals surface area contributed by atoms with E-state index in [2.05, 4.69) is 6.92 Å². The highest BCUT2D eigenvalue weighted by molar-refractivity contribution is 5.74. The molecule has 0 spiro atoms. The van der Waals surface area contributed by atoms with Gasteiger partial charge in [-0.05, 0) is 81.2 Å². The van der Waals surface area contributed by atoms with Crippen molar-refractivity contribution in [2.75, 3.05) is 19.8 Å². The number of aromatic nitrogens is 2. The number of nitrogens with zero attached hydrogens (tertiary/aromatic N) is 2. The van der Waals surface area contributed by atoms with Crippen LogP contribution < -0.4 is 16.9 Å². The lowest BCUT2D eigenvalue weighted by molar-refractivity contribution is -0.148. The molecule has 2 rings (SSSR count). The van der Waals surface area contributed by atoms with E-state index >= 15 is 0 Å². The molecule has 2 aromatic heterocycles. The van der Waals surface area contributed by atoms with Gasteiger partial charge in [0.25, 0.3) is 11.1 Å². The first-order valence-corrected chi connectivity index (χ1v) is 14.4. The first kappa shape index (κ1) is 34.8. The number of carbonyl (C=O) groups is 2. The maximum atomic E-state index is 12.2. The van der Waals surface area contributed by atoms with E-state index in [4.69, 9.17) is 15.2 Å². The number of nitrogens with two attached hydrogens (primary N) is 1. The highest BCUT2D eigenvalue weighted by atomic mass is 16.5. The second-order valence-electron chi connectivity index (χ2n) is 10.6. The Morgan fingerprint density at radius 3 is 1.45 bits per heavy atom. The molecule has 0 fully saturated rings. The highest BCUT2D eigenvalue weighted by Crippen LogP contribution is 2.19. The van der Waals surface area contributed by atoms with Crippen LogP contribution in [0.25, 0.3) is 0 Å². The van der Waals surface area contributed by atoms with Crippen LogP contribution in [0, 0.1) is 11.8 Å². The quantitative estimate of drug-likeness (QED) is 0.339. The number of esters is 2. The summed E-state index contributed by atoms with van der Waals surface area (Å²) in [4.78, 5) is 48.5. The molecule has 2 atom stereocenters. The van der Waals surface area contributed by atoms with Gasteiger partial charge in [-0.1, -0.05) is 41.0 Å². The molecule has 0 saturated heterocycles. The van der Waals surface area contributed by atoms with Crippen LogP contribution in [0.15, 0.2) is 46.2 Å². The summed E-state index contributed by atoms with van der Waals surface area (Å²) in [6, 6.07) is 5.82. The summed E-state index contributed by atoms with van der Waals surface area (Å²) in [6.07, 6.45) is 7.10. The maximum Gasteiger partial charge on any atom is 0.329 e. The third kappa shape index (κ3) is 11.5. The zero-order valence-electron chi connectivity index (χ0n) is 25.4. The standard InChI is InChI=1S/C16H25NO3.C15H24N2O3/c1-5-7-13-8-9-17(15(18)11-13)14(10-12(3)4)16(19)20-6-2;1-4-20-15(19)13(9-11(2)3)17-8-6-12(5-7-16)10-14(17)18/h8-9,11-12,14H,5-7,10H2,1-4H3;6,8,10-11,13H,4-5,7,9,16H2,1-3H3. The molecular weight excluding hydrogens is 510 g/mol. The summed E-state index contributed by atoms with van der Waals surface area (Å²) >= 11 is 0. The molecule has 0 aliphatic rings. The van der Waals surface area contributed by atoms with Crippen molar-refractivity contribution in [3.8, 4) is 0 Å². The summed E-state index contributed by atoms with van der Waals surface area (Å²) in [7, 11) is 0. The summed E-state index contributed by atoms with van der Waals surface area (Å²) < 4.78 is 13.1. The van der Waals surface area contributed by atoms with Gasteiger partial charge in [0.1, 0.15) is 12.1 Å². The van der Waals surface area contributed by atoms with E-state index in [1.165, 1.54) is 9.13 Å². The van der Waals surface area contributed by atoms with E-state index in [0.717, 1.165) is 24.0 Å². The predicted octanol–water partition coefficient (Wildman–Crippen LogP) is 4.45. The van der Waals surface area contributed by atoms with Crippen molar-refractivity contribution in [3.05, 3.63) is 68.5 Å². The van der Waals surface area contributed by atoms with E-state index < -0.39 is 12.1 Å². The third-order valence-electron chi connectivity index (χ3n) is 6.18. The fourth-order valence-corrected chi connectivity index (χ4v) is 4.36. The molecule has 0 bridgehead atoms. The van der Waals surface area contributed by atoms with Gasteiger partial charge < -0.3 is 24.3 Å². The number of pyridine rings is 2. The number of rotatable bonds is 14. The highest BCUT2D eigenvalue weighted by Gasteiger charge is 2.25. The summed E-state index contributed by atoms with van der Waals surface area (Å²) in [5.74, 6) is -0.0759. The first-order valence-electron chi connectivity index (χ1n) is 14.4. The van der Waals surface area contributed by atoms with Crippen LogP contribution in [-0.2, 0) is 31.9 Å². The van der Waals surface area contributed by atoms with E-state index in [-0.39, 0.29) is 23.1 Å². The van der Waals surface area contributed by atoms with E-state index in [9.17, 15) is 19.2 Å². The minimum absolute atomic E-state index is 0.130. The Balaban J connectivity index is 0.000000400. The van der Waals surface area contributed by atoms with Gasteiger partial charge in [0, 0.05) is 24.5 Å². The lowest BCUT2D eigenvalue weighted by atomic mass is 10.0. The van der Waals surface area contributed by atoms with Crippen molar-refractivity contribution < 1.29 is 19.1 Å². The van der Waals surface area contributed by atoms with Crippen LogP contribution in [0.2, 0.25) is 0 Å². The van der Waals surface area contributed by atoms with Gasteiger partial charge in [0.15, 0.2) is 0 Å². The Bertz CT molecular complexity index is 1080. The summed E-state index contributed by atoms with van der Waals surface area (Å²) in [5, 5.41) is 0. The summed E-state index contributed by atoms with van der Waals surface area (Å²) in [5.41, 5.74) is 7.07. The van der Waals surface area contributed by atoms with Gasteiger partial charge in [0.2, 0.25) is 0 Å². The fraction of sp³-hybridized carbons (Fsp3) is 0.613. The van der Waals surface area contributed by atoms with Gasteiger partial charge in [-0.3, -0.25) is 9.59 Å². The number of aryl methyl sites for hydroxylation is 1. The Labute approximate surface area is 238 Å². The van der Waals surface area contributed by atoms with Gasteiger partial charge in [-0.2, -0.15) is 0 Å². The molecule has 0 amide bonds. The van der Waals surface area contributed by atoms with Crippen LogP contribution in [0.5, 0.6) is 0 Å². The van der Waals surface area contributed by atoms with Crippen molar-refractivity contribution >= 4 is 11.9 Å². The molecule has 0 aliphatic heterocycles. The molecule has 9 nitrogen and oxygen atoms in total. The Morgan fingerprint density at radius 1 is 0.750 bits per heavy atom. The number of carbonyl (C=O) groups excluding carboxylic acids is 2. The Kier molecular flexibility index (Phi) is 15.9. The molecule has 2 heterocycles. The number of hydrogen-bond acceptors (Lipinski definition) is 7. The van der Waals surface area contributed by atoms with E-state index in [1.54, 1.807) is 38.4 Å². The average molecular weight is 560 g/mol. The molecule has 9 heteroatoms. The lowest BCUT2D eigenvalue weighted by Gasteiger charge is -2.20. The van der Waals surface area contributed by atoms with Crippen molar-refractivity contribution in [3.63, 3.8) is 0 Å². The third-order valence-corrected chi connectivity index (χ3v) is 6.18. The van der Waals surface area contributed by atoms with Crippen LogP contribution in [-0.4, -0.2) is 40.8 Å². The fourth-order valence-electron chi connectivity index (χ4n) is 4.36. The minimum atomic E-state index is -0.561. The second-order valence-corrected chi connectivity index (χ2v) is 10.6. The van der Waals surface area contributed by atoms with Gasteiger partial charge in [0.05, 0.1) is 13.2 Å². The first-order chi connectivity index (χ1) is 19.0. The molecule has 40 heavy (non-hydrogen) atoms. The zero-order chi connectivity index (χ0) is 30.2. The molecule has 2 N–H and O–H groups in total. The van der Waals surface area contributed by atoms with Gasteiger partial charge in [-0.25, -0.2) is 9.59 Å². The normalized spacial score (nSPS) is 12.4. The van der Waals surface area contributed by atoms with Gasteiger partial charge in [-0.15, -0.1) is 0 Å². The smallest absolute Gasteiger partial charge is 0.329 e.